The Morgan fingerprint density at radius 1 is 0.750 bits per heavy atom. The van der Waals surface area contributed by atoms with Crippen molar-refractivity contribution >= 4 is 12.6 Å². The van der Waals surface area contributed by atoms with Gasteiger partial charge in [0.25, 0.3) is 0 Å². The lowest BCUT2D eigenvalue weighted by Crippen LogP contribution is -2.08. The van der Waals surface area contributed by atoms with Gasteiger partial charge in [-0.1, -0.05) is 79.1 Å². The molecule has 1 rings (SSSR count). The minimum atomic E-state index is 1.02. The van der Waals surface area contributed by atoms with Crippen LogP contribution in [0.4, 0.5) is 0 Å². The average Bonchev–Trinajstić information content (AvgIpc) is 2.34. The molecule has 0 radical (unpaired) electrons. The van der Waals surface area contributed by atoms with Crippen LogP contribution in [0, 0.1) is 11.8 Å². The molecule has 0 heterocycles. The highest BCUT2D eigenvalue weighted by molar-refractivity contribution is 7.79. The summed E-state index contributed by atoms with van der Waals surface area (Å²) < 4.78 is 0. The van der Waals surface area contributed by atoms with Gasteiger partial charge >= 0.3 is 0 Å². The number of rotatable bonds is 3. The van der Waals surface area contributed by atoms with E-state index < -0.39 is 0 Å². The van der Waals surface area contributed by atoms with Gasteiger partial charge in [-0.25, -0.2) is 0 Å². The molecule has 0 aliphatic heterocycles. The summed E-state index contributed by atoms with van der Waals surface area (Å²) in [5, 5.41) is 0. The molecule has 0 atom stereocenters. The molecular formula is C15H34S. The van der Waals surface area contributed by atoms with E-state index in [2.05, 4.69) is 40.3 Å². The van der Waals surface area contributed by atoms with E-state index >= 15 is 0 Å². The fourth-order valence-corrected chi connectivity index (χ4v) is 1.93. The van der Waals surface area contributed by atoms with Crippen molar-refractivity contribution in [1.29, 1.82) is 0 Å². The van der Waals surface area contributed by atoms with E-state index in [0.717, 1.165) is 11.8 Å². The van der Waals surface area contributed by atoms with Crippen LogP contribution in [-0.4, -0.2) is 6.26 Å². The van der Waals surface area contributed by atoms with E-state index in [1.165, 1.54) is 51.4 Å². The van der Waals surface area contributed by atoms with E-state index in [-0.39, 0.29) is 0 Å². The maximum absolute atomic E-state index is 3.53. The van der Waals surface area contributed by atoms with Gasteiger partial charge < -0.3 is 0 Å². The zero-order chi connectivity index (χ0) is 12.8. The highest BCUT2D eigenvalue weighted by Crippen LogP contribution is 2.27. The minimum Gasteiger partial charge on any atom is -0.183 e. The summed E-state index contributed by atoms with van der Waals surface area (Å²) in [5.74, 6) is 2.04. The van der Waals surface area contributed by atoms with Gasteiger partial charge in [0.15, 0.2) is 0 Å². The second kappa shape index (κ2) is 15.4. The monoisotopic (exact) mass is 246 g/mol. The minimum absolute atomic E-state index is 1.02. The number of hydrogen-bond donors (Lipinski definition) is 1. The third kappa shape index (κ3) is 14.4. The van der Waals surface area contributed by atoms with Gasteiger partial charge in [-0.05, 0) is 18.1 Å². The van der Waals surface area contributed by atoms with Gasteiger partial charge in [-0.3, -0.25) is 0 Å². The lowest BCUT2D eigenvalue weighted by atomic mass is 9.84. The summed E-state index contributed by atoms with van der Waals surface area (Å²) in [6.45, 7) is 9.20. The van der Waals surface area contributed by atoms with Crippen molar-refractivity contribution in [3.63, 3.8) is 0 Å². The molecule has 0 bridgehead atoms. The first-order valence-corrected chi connectivity index (χ1v) is 8.04. The van der Waals surface area contributed by atoms with Gasteiger partial charge in [0.05, 0.1) is 0 Å². The Morgan fingerprint density at radius 2 is 1.00 bits per heavy atom. The van der Waals surface area contributed by atoms with Crippen molar-refractivity contribution in [3.8, 4) is 0 Å². The highest BCUT2D eigenvalue weighted by Gasteiger charge is 2.13. The molecule has 0 nitrogen and oxygen atoms in total. The van der Waals surface area contributed by atoms with E-state index in [0.29, 0.717) is 0 Å². The Hall–Kier alpha value is 0.350. The largest absolute Gasteiger partial charge is 0.183 e. The predicted octanol–water partition coefficient (Wildman–Crippen LogP) is 5.97. The van der Waals surface area contributed by atoms with Crippen LogP contribution in [0.3, 0.4) is 0 Å². The summed E-state index contributed by atoms with van der Waals surface area (Å²) in [5.41, 5.74) is 0. The first-order chi connectivity index (χ1) is 7.70. The van der Waals surface area contributed by atoms with Gasteiger partial charge in [0.1, 0.15) is 0 Å². The number of unbranched alkanes of at least 4 members (excludes halogenated alkanes) is 3. The first kappa shape index (κ1) is 18.7. The smallest absolute Gasteiger partial charge is 0.0215 e. The molecule has 16 heavy (non-hydrogen) atoms. The number of thiol groups is 1. The van der Waals surface area contributed by atoms with Crippen LogP contribution in [0.25, 0.3) is 0 Å². The summed E-state index contributed by atoms with van der Waals surface area (Å²) in [4.78, 5) is 0. The van der Waals surface area contributed by atoms with Crippen molar-refractivity contribution in [2.24, 2.45) is 11.8 Å². The molecule has 1 aliphatic carbocycles. The van der Waals surface area contributed by atoms with E-state index in [1.54, 1.807) is 6.26 Å². The van der Waals surface area contributed by atoms with Crippen LogP contribution < -0.4 is 0 Å². The van der Waals surface area contributed by atoms with E-state index in [9.17, 15) is 0 Å². The third-order valence-electron chi connectivity index (χ3n) is 3.26. The van der Waals surface area contributed by atoms with Crippen LogP contribution in [0.1, 0.15) is 79.1 Å². The predicted molar refractivity (Wildman–Crippen MR) is 81.5 cm³/mol. The van der Waals surface area contributed by atoms with Crippen molar-refractivity contribution in [2.75, 3.05) is 6.26 Å². The summed E-state index contributed by atoms with van der Waals surface area (Å²) in [6, 6.07) is 0. The third-order valence-corrected chi connectivity index (χ3v) is 3.26. The van der Waals surface area contributed by atoms with Crippen molar-refractivity contribution < 1.29 is 0 Å². The quantitative estimate of drug-likeness (QED) is 0.460. The molecule has 1 heteroatoms. The van der Waals surface area contributed by atoms with Crippen LogP contribution >= 0.6 is 12.6 Å². The van der Waals surface area contributed by atoms with Gasteiger partial charge in [0, 0.05) is 0 Å². The first-order valence-electron chi connectivity index (χ1n) is 7.15. The molecule has 1 fully saturated rings. The van der Waals surface area contributed by atoms with Gasteiger partial charge in [-0.2, -0.15) is 12.6 Å². The molecule has 0 unspecified atom stereocenters. The normalized spacial score (nSPS) is 23.6. The molecule has 0 aromatic heterocycles. The molecule has 1 aliphatic rings. The SMILES string of the molecule is CC1CCC(C)CC1.CCCCCC.CS. The lowest BCUT2D eigenvalue weighted by molar-refractivity contribution is 0.308. The second-order valence-electron chi connectivity index (χ2n) is 5.07. The molecule has 1 saturated carbocycles. The summed E-state index contributed by atoms with van der Waals surface area (Å²) in [7, 11) is 0. The standard InChI is InChI=1S/C8H16.C6H14.CH4S/c1-7-3-5-8(2)6-4-7;1-3-5-6-4-2;1-2/h7-8H,3-6H2,1-2H3;3-6H2,1-2H3;2H,1H3. The molecular weight excluding hydrogens is 212 g/mol. The Kier molecular flexibility index (Phi) is 17.9. The molecule has 0 aromatic carbocycles. The second-order valence-corrected chi connectivity index (χ2v) is 5.07. The molecule has 0 saturated heterocycles. The Balaban J connectivity index is 0. The van der Waals surface area contributed by atoms with Crippen molar-refractivity contribution in [3.05, 3.63) is 0 Å². The maximum atomic E-state index is 3.53. The van der Waals surface area contributed by atoms with Crippen LogP contribution in [0.5, 0.6) is 0 Å². The maximum Gasteiger partial charge on any atom is -0.0215 e. The van der Waals surface area contributed by atoms with Crippen LogP contribution in [0.2, 0.25) is 0 Å². The van der Waals surface area contributed by atoms with Gasteiger partial charge in [-0.15, -0.1) is 0 Å². The van der Waals surface area contributed by atoms with Crippen LogP contribution in [-0.2, 0) is 0 Å². The highest BCUT2D eigenvalue weighted by atomic mass is 32.1. The fraction of sp³-hybridized carbons (Fsp3) is 1.00. The molecule has 0 N–H and O–H groups in total. The fourth-order valence-electron chi connectivity index (χ4n) is 1.93. The van der Waals surface area contributed by atoms with Crippen LogP contribution in [0.15, 0.2) is 0 Å². The molecule has 0 amide bonds. The molecule has 100 valence electrons. The summed E-state index contributed by atoms with van der Waals surface area (Å²) >= 11 is 3.53. The Bertz CT molecular complexity index is 90.0. The zero-order valence-electron chi connectivity index (χ0n) is 12.3. The summed E-state index contributed by atoms with van der Waals surface area (Å²) in [6.07, 6.45) is 13.1. The zero-order valence-corrected chi connectivity index (χ0v) is 13.2. The Morgan fingerprint density at radius 3 is 1.19 bits per heavy atom. The van der Waals surface area contributed by atoms with E-state index in [4.69, 9.17) is 0 Å². The lowest BCUT2D eigenvalue weighted by Gasteiger charge is -2.22. The molecule has 0 spiro atoms. The number of hydrogen-bond acceptors (Lipinski definition) is 1. The average molecular weight is 247 g/mol. The van der Waals surface area contributed by atoms with Crippen molar-refractivity contribution in [2.45, 2.75) is 79.1 Å². The topological polar surface area (TPSA) is 0 Å². The molecule has 0 aromatic rings. The van der Waals surface area contributed by atoms with Gasteiger partial charge in [0.2, 0.25) is 0 Å². The van der Waals surface area contributed by atoms with E-state index in [1.807, 2.05) is 0 Å². The van der Waals surface area contributed by atoms with Crippen molar-refractivity contribution in [1.82, 2.24) is 0 Å². The Labute approximate surface area is 110 Å².